The molecule has 2 amide bonds. The zero-order chi connectivity index (χ0) is 24.8. The molecule has 1 aliphatic rings. The number of hydrogen-bond acceptors (Lipinski definition) is 2. The van der Waals surface area contributed by atoms with Gasteiger partial charge in [0.1, 0.15) is 29.1 Å². The van der Waals surface area contributed by atoms with Gasteiger partial charge in [-0.2, -0.15) is 0 Å². The third-order valence-corrected chi connectivity index (χ3v) is 5.91. The van der Waals surface area contributed by atoms with Gasteiger partial charge >= 0.3 is 0 Å². The molecule has 9 heteroatoms. The molecule has 0 saturated carbocycles. The molecule has 0 aromatic heterocycles. The Kier molecular flexibility index (Phi) is 5.89. The maximum absolute atomic E-state index is 14.2. The van der Waals surface area contributed by atoms with Crippen LogP contribution in [0.4, 0.5) is 27.6 Å². The summed E-state index contributed by atoms with van der Waals surface area (Å²) in [5.74, 6) is -6.09. The fraction of sp³-hybridized carbons (Fsp3) is 0.200. The smallest absolute Gasteiger partial charge is 0.251 e. The van der Waals surface area contributed by atoms with Gasteiger partial charge in [-0.25, -0.2) is 22.0 Å². The molecule has 1 N–H and O–H groups in total. The predicted octanol–water partition coefficient (Wildman–Crippen LogP) is 5.14. The molecule has 1 aliphatic heterocycles. The Morgan fingerprint density at radius 2 is 1.50 bits per heavy atom. The molecule has 0 spiro atoms. The van der Waals surface area contributed by atoms with E-state index in [0.717, 1.165) is 12.1 Å². The molecule has 0 radical (unpaired) electrons. The molecule has 0 saturated heterocycles. The minimum absolute atomic E-state index is 0.0613. The van der Waals surface area contributed by atoms with E-state index in [1.807, 2.05) is 0 Å². The van der Waals surface area contributed by atoms with E-state index in [1.165, 1.54) is 23.1 Å². The van der Waals surface area contributed by atoms with E-state index in [9.17, 15) is 31.5 Å². The number of hydrogen-bond donors (Lipinski definition) is 1. The number of benzene rings is 3. The van der Waals surface area contributed by atoms with E-state index in [0.29, 0.717) is 23.4 Å². The highest BCUT2D eigenvalue weighted by atomic mass is 19.2. The van der Waals surface area contributed by atoms with Crippen LogP contribution in [0.5, 0.6) is 0 Å². The van der Waals surface area contributed by atoms with Gasteiger partial charge in [-0.1, -0.05) is 12.1 Å². The third-order valence-electron chi connectivity index (χ3n) is 5.91. The van der Waals surface area contributed by atoms with Crippen LogP contribution in [0.1, 0.15) is 40.9 Å². The van der Waals surface area contributed by atoms with Crippen LogP contribution in [-0.2, 0) is 23.3 Å². The number of nitrogens with zero attached hydrogens (tertiary/aromatic N) is 1. The van der Waals surface area contributed by atoms with Gasteiger partial charge in [0.25, 0.3) is 5.91 Å². The Morgan fingerprint density at radius 3 is 2.12 bits per heavy atom. The molecule has 34 heavy (non-hydrogen) atoms. The highest BCUT2D eigenvalue weighted by Gasteiger charge is 2.44. The van der Waals surface area contributed by atoms with Crippen LogP contribution in [0.15, 0.2) is 48.5 Å². The van der Waals surface area contributed by atoms with Crippen LogP contribution in [-0.4, -0.2) is 11.8 Å². The second kappa shape index (κ2) is 8.55. The highest BCUT2D eigenvalue weighted by Crippen LogP contribution is 2.43. The van der Waals surface area contributed by atoms with Gasteiger partial charge in [0, 0.05) is 41.1 Å². The summed E-state index contributed by atoms with van der Waals surface area (Å²) in [5, 5.41) is 2.36. The van der Waals surface area contributed by atoms with Crippen molar-refractivity contribution in [1.29, 1.82) is 0 Å². The minimum Gasteiger partial charge on any atom is -0.348 e. The average molecular weight is 474 g/mol. The van der Waals surface area contributed by atoms with E-state index in [1.54, 1.807) is 19.9 Å². The van der Waals surface area contributed by atoms with Crippen molar-refractivity contribution in [1.82, 2.24) is 5.32 Å². The zero-order valence-corrected chi connectivity index (χ0v) is 18.2. The fourth-order valence-corrected chi connectivity index (χ4v) is 4.00. The summed E-state index contributed by atoms with van der Waals surface area (Å²) >= 11 is 0. The van der Waals surface area contributed by atoms with Crippen LogP contribution in [0, 0.1) is 29.1 Å². The lowest BCUT2D eigenvalue weighted by Crippen LogP contribution is -2.36. The SMILES string of the molecule is CC1(C)C(=O)N(Cc2c(F)cccc2F)c2cc(C(=O)NCc3c(F)cc(F)cc3F)ccc21. The molecule has 0 bridgehead atoms. The first-order chi connectivity index (χ1) is 16.0. The van der Waals surface area contributed by atoms with Gasteiger partial charge in [0.15, 0.2) is 0 Å². The summed E-state index contributed by atoms with van der Waals surface area (Å²) in [4.78, 5) is 26.9. The number of rotatable bonds is 5. The first-order valence-electron chi connectivity index (χ1n) is 10.3. The predicted molar refractivity (Wildman–Crippen MR) is 115 cm³/mol. The summed E-state index contributed by atoms with van der Waals surface area (Å²) in [6.45, 7) is 2.39. The van der Waals surface area contributed by atoms with Crippen LogP contribution in [0.3, 0.4) is 0 Å². The van der Waals surface area contributed by atoms with Crippen molar-refractivity contribution in [3.8, 4) is 0 Å². The lowest BCUT2D eigenvalue weighted by molar-refractivity contribution is -0.122. The number of anilines is 1. The van der Waals surface area contributed by atoms with Crippen LogP contribution in [0.25, 0.3) is 0 Å². The molecule has 0 fully saturated rings. The number of fused-ring (bicyclic) bond motifs is 1. The lowest BCUT2D eigenvalue weighted by atomic mass is 9.86. The van der Waals surface area contributed by atoms with Crippen molar-refractivity contribution in [3.05, 3.63) is 99.9 Å². The minimum atomic E-state index is -1.14. The molecule has 3 aromatic rings. The lowest BCUT2D eigenvalue weighted by Gasteiger charge is -2.21. The summed E-state index contributed by atoms with van der Waals surface area (Å²) in [5.41, 5.74) is -0.899. The Morgan fingerprint density at radius 1 is 0.882 bits per heavy atom. The zero-order valence-electron chi connectivity index (χ0n) is 18.2. The number of halogens is 5. The molecule has 1 heterocycles. The summed E-state index contributed by atoms with van der Waals surface area (Å²) < 4.78 is 69.3. The van der Waals surface area contributed by atoms with Gasteiger partial charge in [-0.15, -0.1) is 0 Å². The van der Waals surface area contributed by atoms with Crippen LogP contribution in [0.2, 0.25) is 0 Å². The van der Waals surface area contributed by atoms with Crippen molar-refractivity contribution in [2.75, 3.05) is 4.90 Å². The highest BCUT2D eigenvalue weighted by molar-refractivity contribution is 6.08. The molecule has 4 rings (SSSR count). The number of carbonyl (C=O) groups is 2. The van der Waals surface area contributed by atoms with E-state index >= 15 is 0 Å². The molecule has 0 atom stereocenters. The summed E-state index contributed by atoms with van der Waals surface area (Å²) in [6, 6.07) is 8.78. The van der Waals surface area contributed by atoms with Gasteiger partial charge in [0.05, 0.1) is 12.0 Å². The molecule has 4 nitrogen and oxygen atoms in total. The topological polar surface area (TPSA) is 49.4 Å². The molecule has 0 unspecified atom stereocenters. The van der Waals surface area contributed by atoms with Crippen molar-refractivity contribution in [3.63, 3.8) is 0 Å². The second-order valence-corrected chi connectivity index (χ2v) is 8.48. The Bertz CT molecular complexity index is 1280. The van der Waals surface area contributed by atoms with Crippen LogP contribution < -0.4 is 10.2 Å². The van der Waals surface area contributed by atoms with Crippen molar-refractivity contribution < 1.29 is 31.5 Å². The van der Waals surface area contributed by atoms with Crippen LogP contribution >= 0.6 is 0 Å². The fourth-order valence-electron chi connectivity index (χ4n) is 4.00. The quantitative estimate of drug-likeness (QED) is 0.521. The largest absolute Gasteiger partial charge is 0.348 e. The first kappa shape index (κ1) is 23.4. The summed E-state index contributed by atoms with van der Waals surface area (Å²) in [6.07, 6.45) is 0. The van der Waals surface area contributed by atoms with E-state index in [-0.39, 0.29) is 17.7 Å². The van der Waals surface area contributed by atoms with E-state index in [2.05, 4.69) is 5.32 Å². The molecular weight excluding hydrogens is 455 g/mol. The molecule has 3 aromatic carbocycles. The molecule has 176 valence electrons. The Balaban J connectivity index is 1.63. The monoisotopic (exact) mass is 474 g/mol. The molecule has 0 aliphatic carbocycles. The Labute approximate surface area is 192 Å². The maximum Gasteiger partial charge on any atom is 0.251 e. The third kappa shape index (κ3) is 4.02. The normalized spacial score (nSPS) is 14.3. The number of carbonyl (C=O) groups excluding carboxylic acids is 2. The number of amides is 2. The van der Waals surface area contributed by atoms with Gasteiger partial charge in [0.2, 0.25) is 5.91 Å². The van der Waals surface area contributed by atoms with Gasteiger partial charge < -0.3 is 10.2 Å². The molecular formula is C25H19F5N2O2. The second-order valence-electron chi connectivity index (χ2n) is 8.48. The standard InChI is InChI=1S/C25H19F5N2O2/c1-25(2)17-7-6-13(23(33)31-11-15-20(29)9-14(26)10-21(15)30)8-22(17)32(24(25)34)12-16-18(27)4-3-5-19(16)28/h3-10H,11-12H2,1-2H3,(H,31,33). The van der Waals surface area contributed by atoms with Gasteiger partial charge in [-0.05, 0) is 43.7 Å². The van der Waals surface area contributed by atoms with Crippen molar-refractivity contribution in [2.45, 2.75) is 32.4 Å². The number of nitrogens with one attached hydrogen (secondary N) is 1. The van der Waals surface area contributed by atoms with Gasteiger partial charge in [-0.3, -0.25) is 9.59 Å². The first-order valence-corrected chi connectivity index (χ1v) is 10.3. The van der Waals surface area contributed by atoms with E-state index in [4.69, 9.17) is 0 Å². The maximum atomic E-state index is 14.2. The Hall–Kier alpha value is -3.75. The van der Waals surface area contributed by atoms with Crippen molar-refractivity contribution >= 4 is 17.5 Å². The average Bonchev–Trinajstić information content (AvgIpc) is 2.95. The van der Waals surface area contributed by atoms with Crippen molar-refractivity contribution in [2.24, 2.45) is 0 Å². The van der Waals surface area contributed by atoms with E-state index < -0.39 is 58.4 Å². The summed E-state index contributed by atoms with van der Waals surface area (Å²) in [7, 11) is 0.